The molecule has 0 aromatic heterocycles. The molecule has 0 fully saturated rings. The molecule has 1 atom stereocenters. The highest BCUT2D eigenvalue weighted by molar-refractivity contribution is 8.00. The van der Waals surface area contributed by atoms with Gasteiger partial charge in [0.15, 0.2) is 6.10 Å². The Morgan fingerprint density at radius 1 is 1.19 bits per heavy atom. The molecule has 0 aliphatic carbocycles. The first-order chi connectivity index (χ1) is 12.7. The van der Waals surface area contributed by atoms with Gasteiger partial charge in [-0.05, 0) is 43.3 Å². The van der Waals surface area contributed by atoms with Gasteiger partial charge in [-0.15, -0.1) is 11.8 Å². The summed E-state index contributed by atoms with van der Waals surface area (Å²) in [7, 11) is -3.81. The Labute approximate surface area is 166 Å². The van der Waals surface area contributed by atoms with Crippen LogP contribution >= 0.6 is 23.4 Å². The molecule has 2 aromatic carbocycles. The smallest absolute Gasteiger partial charge is 0.317 e. The summed E-state index contributed by atoms with van der Waals surface area (Å²) in [6.07, 6.45) is -1.03. The number of carbonyl (C=O) groups is 2. The summed E-state index contributed by atoms with van der Waals surface area (Å²) in [6, 6.07) is 12.4. The maximum Gasteiger partial charge on any atom is 0.317 e. The Kier molecular flexibility index (Phi) is 7.25. The summed E-state index contributed by atoms with van der Waals surface area (Å²) in [5, 5.41) is 8.07. The van der Waals surface area contributed by atoms with Gasteiger partial charge in [0.25, 0.3) is 5.91 Å². The number of primary sulfonamides is 1. The van der Waals surface area contributed by atoms with Crippen LogP contribution in [0.3, 0.4) is 0 Å². The van der Waals surface area contributed by atoms with Crippen molar-refractivity contribution in [2.45, 2.75) is 22.8 Å². The fraction of sp³-hybridized carbons (Fsp3) is 0.176. The average Bonchev–Trinajstić information content (AvgIpc) is 2.60. The summed E-state index contributed by atoms with van der Waals surface area (Å²) in [5.41, 5.74) is 0.348. The molecular formula is C17H17ClN2O5S2. The standard InChI is InChI=1S/C17H17ClN2O5S2/c1-11(25-16(21)10-26-15-5-3-2-4-14(15)18)17(22)20-12-6-8-13(9-7-12)27(19,23)24/h2-9,11H,10H2,1H3,(H,20,22)(H2,19,23,24). The number of thioether (sulfide) groups is 1. The fourth-order valence-electron chi connectivity index (χ4n) is 1.96. The number of rotatable bonds is 7. The molecule has 7 nitrogen and oxygen atoms in total. The van der Waals surface area contributed by atoms with Gasteiger partial charge in [-0.3, -0.25) is 9.59 Å². The molecule has 0 aliphatic rings. The first-order valence-corrected chi connectivity index (χ1v) is 10.6. The van der Waals surface area contributed by atoms with E-state index in [1.54, 1.807) is 24.3 Å². The topological polar surface area (TPSA) is 116 Å². The van der Waals surface area contributed by atoms with Crippen molar-refractivity contribution in [1.82, 2.24) is 0 Å². The van der Waals surface area contributed by atoms with E-state index in [1.165, 1.54) is 43.0 Å². The van der Waals surface area contributed by atoms with E-state index in [9.17, 15) is 18.0 Å². The Morgan fingerprint density at radius 2 is 1.81 bits per heavy atom. The molecule has 10 heteroatoms. The summed E-state index contributed by atoms with van der Waals surface area (Å²) in [6.45, 7) is 1.44. The van der Waals surface area contributed by atoms with Crippen LogP contribution in [0.2, 0.25) is 5.02 Å². The number of halogens is 1. The number of carbonyl (C=O) groups excluding carboxylic acids is 2. The van der Waals surface area contributed by atoms with Crippen LogP contribution in [0.25, 0.3) is 0 Å². The van der Waals surface area contributed by atoms with Crippen LogP contribution in [-0.2, 0) is 24.3 Å². The second-order valence-corrected chi connectivity index (χ2v) is 8.40. The van der Waals surface area contributed by atoms with E-state index in [0.717, 1.165) is 4.90 Å². The van der Waals surface area contributed by atoms with E-state index in [4.69, 9.17) is 21.5 Å². The van der Waals surface area contributed by atoms with Gasteiger partial charge < -0.3 is 10.1 Å². The highest BCUT2D eigenvalue weighted by Gasteiger charge is 2.18. The number of esters is 1. The maximum absolute atomic E-state index is 12.1. The van der Waals surface area contributed by atoms with E-state index in [1.807, 2.05) is 0 Å². The van der Waals surface area contributed by atoms with E-state index in [0.29, 0.717) is 10.7 Å². The molecule has 0 radical (unpaired) electrons. The Bertz CT molecular complexity index is 933. The van der Waals surface area contributed by atoms with Crippen LogP contribution in [0.4, 0.5) is 5.69 Å². The molecule has 2 aromatic rings. The van der Waals surface area contributed by atoms with Crippen molar-refractivity contribution in [3.05, 3.63) is 53.6 Å². The fourth-order valence-corrected chi connectivity index (χ4v) is 3.49. The molecule has 27 heavy (non-hydrogen) atoms. The maximum atomic E-state index is 12.1. The van der Waals surface area contributed by atoms with Crippen molar-refractivity contribution in [3.8, 4) is 0 Å². The molecule has 1 amide bonds. The van der Waals surface area contributed by atoms with Gasteiger partial charge in [0, 0.05) is 10.6 Å². The second-order valence-electron chi connectivity index (χ2n) is 5.41. The normalized spacial score (nSPS) is 12.3. The van der Waals surface area contributed by atoms with Crippen LogP contribution in [0.15, 0.2) is 58.3 Å². The zero-order valence-corrected chi connectivity index (χ0v) is 16.6. The number of anilines is 1. The number of ether oxygens (including phenoxy) is 1. The lowest BCUT2D eigenvalue weighted by Crippen LogP contribution is -2.30. The summed E-state index contributed by atoms with van der Waals surface area (Å²) in [5.74, 6) is -1.11. The highest BCUT2D eigenvalue weighted by Crippen LogP contribution is 2.26. The molecule has 2 rings (SSSR count). The molecule has 3 N–H and O–H groups in total. The predicted molar refractivity (Wildman–Crippen MR) is 104 cm³/mol. The molecule has 0 spiro atoms. The Hall–Kier alpha value is -2.07. The van der Waals surface area contributed by atoms with Crippen molar-refractivity contribution in [1.29, 1.82) is 0 Å². The second kappa shape index (κ2) is 9.23. The van der Waals surface area contributed by atoms with Crippen molar-refractivity contribution < 1.29 is 22.7 Å². The van der Waals surface area contributed by atoms with Crippen molar-refractivity contribution in [2.75, 3.05) is 11.1 Å². The number of nitrogens with one attached hydrogen (secondary N) is 1. The molecule has 0 aliphatic heterocycles. The third-order valence-corrected chi connectivity index (χ3v) is 5.73. The molecule has 0 heterocycles. The molecule has 144 valence electrons. The highest BCUT2D eigenvalue weighted by atomic mass is 35.5. The monoisotopic (exact) mass is 428 g/mol. The van der Waals surface area contributed by atoms with Gasteiger partial charge in [0.05, 0.1) is 15.7 Å². The van der Waals surface area contributed by atoms with Crippen LogP contribution < -0.4 is 10.5 Å². The number of benzene rings is 2. The van der Waals surface area contributed by atoms with Gasteiger partial charge in [-0.2, -0.15) is 0 Å². The lowest BCUT2D eigenvalue weighted by Gasteiger charge is -2.14. The molecule has 0 bridgehead atoms. The molecule has 1 unspecified atom stereocenters. The number of nitrogens with two attached hydrogens (primary N) is 1. The van der Waals surface area contributed by atoms with E-state index < -0.39 is 28.0 Å². The van der Waals surface area contributed by atoms with Gasteiger partial charge in [-0.25, -0.2) is 13.6 Å². The van der Waals surface area contributed by atoms with Crippen molar-refractivity contribution in [2.24, 2.45) is 5.14 Å². The minimum atomic E-state index is -3.81. The average molecular weight is 429 g/mol. The largest absolute Gasteiger partial charge is 0.452 e. The van der Waals surface area contributed by atoms with E-state index >= 15 is 0 Å². The molecular weight excluding hydrogens is 412 g/mol. The summed E-state index contributed by atoms with van der Waals surface area (Å²) >= 11 is 7.22. The van der Waals surface area contributed by atoms with Gasteiger partial charge in [0.2, 0.25) is 10.0 Å². The lowest BCUT2D eigenvalue weighted by atomic mass is 10.3. The van der Waals surface area contributed by atoms with Crippen LogP contribution in [0.5, 0.6) is 0 Å². The predicted octanol–water partition coefficient (Wildman–Crippen LogP) is 2.65. The molecule has 0 saturated carbocycles. The molecule has 0 saturated heterocycles. The SMILES string of the molecule is CC(OC(=O)CSc1ccccc1Cl)C(=O)Nc1ccc(S(N)(=O)=O)cc1. The number of sulfonamides is 1. The Balaban J connectivity index is 1.86. The zero-order chi connectivity index (χ0) is 20.0. The number of hydrogen-bond donors (Lipinski definition) is 2. The Morgan fingerprint density at radius 3 is 2.41 bits per heavy atom. The zero-order valence-electron chi connectivity index (χ0n) is 14.2. The minimum absolute atomic E-state index is 0.00437. The van der Waals surface area contributed by atoms with Gasteiger partial charge >= 0.3 is 5.97 Å². The summed E-state index contributed by atoms with van der Waals surface area (Å²) < 4.78 is 27.5. The van der Waals surface area contributed by atoms with Crippen molar-refractivity contribution >= 4 is 50.9 Å². The van der Waals surface area contributed by atoms with Gasteiger partial charge in [0.1, 0.15) is 0 Å². The van der Waals surface area contributed by atoms with Gasteiger partial charge in [-0.1, -0.05) is 23.7 Å². The van der Waals surface area contributed by atoms with Crippen LogP contribution in [0, 0.1) is 0 Å². The quantitative estimate of drug-likeness (QED) is 0.517. The van der Waals surface area contributed by atoms with Crippen LogP contribution in [-0.4, -0.2) is 32.2 Å². The van der Waals surface area contributed by atoms with Crippen LogP contribution in [0.1, 0.15) is 6.92 Å². The first-order valence-electron chi connectivity index (χ1n) is 7.67. The van der Waals surface area contributed by atoms with Crippen molar-refractivity contribution in [3.63, 3.8) is 0 Å². The third kappa shape index (κ3) is 6.55. The summed E-state index contributed by atoms with van der Waals surface area (Å²) in [4.78, 5) is 24.7. The number of hydrogen-bond acceptors (Lipinski definition) is 6. The lowest BCUT2D eigenvalue weighted by molar-refractivity contribution is -0.150. The number of amides is 1. The first kappa shape index (κ1) is 21.2. The van der Waals surface area contributed by atoms with E-state index in [-0.39, 0.29) is 10.6 Å². The van der Waals surface area contributed by atoms with E-state index in [2.05, 4.69) is 5.32 Å². The third-order valence-electron chi connectivity index (χ3n) is 3.31. The minimum Gasteiger partial charge on any atom is -0.452 e.